The number of ether oxygens (including phenoxy) is 1. The lowest BCUT2D eigenvalue weighted by molar-refractivity contribution is -0.338. The zero-order chi connectivity index (χ0) is 32.7. The predicted octanol–water partition coefficient (Wildman–Crippen LogP) is 6.38. The summed E-state index contributed by atoms with van der Waals surface area (Å²) in [5.74, 6) is -0.910. The number of nitrogens with one attached hydrogen (secondary N) is 2. The Morgan fingerprint density at radius 2 is 1.72 bits per heavy atom. The van der Waals surface area contributed by atoms with Crippen molar-refractivity contribution < 1.29 is 44.9 Å². The Balaban J connectivity index is 1.66. The molecule has 2 heterocycles. The Morgan fingerprint density at radius 1 is 0.978 bits per heavy atom. The number of sulfonamides is 1. The monoisotopic (exact) mass is 650 g/mol. The number of methoxy groups -OCH3 is 1. The van der Waals surface area contributed by atoms with Gasteiger partial charge in [-0.15, -0.1) is 0 Å². The molecule has 0 aliphatic carbocycles. The minimum absolute atomic E-state index is 0.000187. The van der Waals surface area contributed by atoms with Crippen molar-refractivity contribution in [1.82, 2.24) is 5.32 Å². The third kappa shape index (κ3) is 5.42. The van der Waals surface area contributed by atoms with Gasteiger partial charge >= 0.3 is 5.89 Å². The van der Waals surface area contributed by atoms with Gasteiger partial charge in [0.1, 0.15) is 35.1 Å². The van der Waals surface area contributed by atoms with E-state index >= 15 is 0 Å². The molecule has 0 unspecified atom stereocenters. The van der Waals surface area contributed by atoms with Crippen molar-refractivity contribution in [3.63, 3.8) is 0 Å². The van der Waals surface area contributed by atoms with Gasteiger partial charge in [-0.05, 0) is 54.1 Å². The molecule has 2 N–H and O–H groups in total. The first kappa shape index (κ1) is 30.7. The summed E-state index contributed by atoms with van der Waals surface area (Å²) in [6.45, 7) is -1.48. The van der Waals surface area contributed by atoms with Crippen molar-refractivity contribution >= 4 is 43.7 Å². The molecule has 13 heteroatoms. The van der Waals surface area contributed by atoms with E-state index in [0.717, 1.165) is 10.6 Å². The fourth-order valence-corrected chi connectivity index (χ4v) is 6.31. The van der Waals surface area contributed by atoms with Gasteiger partial charge in [0.15, 0.2) is 5.82 Å². The fourth-order valence-electron chi connectivity index (χ4n) is 5.40. The summed E-state index contributed by atoms with van der Waals surface area (Å²) in [6, 6.07) is 17.7. The molecule has 0 aliphatic heterocycles. The number of nitrogens with zero attached hydrogens (tertiary/aromatic N) is 1. The van der Waals surface area contributed by atoms with Crippen LogP contribution in [0.1, 0.15) is 10.4 Å². The number of alkyl halides is 1. The highest BCUT2D eigenvalue weighted by Gasteiger charge is 2.29. The fraction of sp³-hybridized carbons (Fsp3) is 0.152. The van der Waals surface area contributed by atoms with E-state index < -0.39 is 40.8 Å². The molecule has 236 valence electrons. The summed E-state index contributed by atoms with van der Waals surface area (Å²) in [6.07, 6.45) is 0.954. The number of hydrogen-bond acceptors (Lipinski definition) is 6. The van der Waals surface area contributed by atoms with E-state index in [9.17, 15) is 26.4 Å². The highest BCUT2D eigenvalue weighted by atomic mass is 32.2. The van der Waals surface area contributed by atoms with Crippen LogP contribution < -0.4 is 19.3 Å². The molecule has 0 saturated carbocycles. The highest BCUT2D eigenvalue weighted by molar-refractivity contribution is 7.92. The van der Waals surface area contributed by atoms with Gasteiger partial charge in [-0.25, -0.2) is 21.6 Å². The number of aromatic amines is 1. The number of para-hydroxylation sites is 1. The van der Waals surface area contributed by atoms with E-state index in [1.54, 1.807) is 30.3 Å². The average molecular weight is 651 g/mol. The molecule has 0 saturated heterocycles. The molecule has 0 aliphatic rings. The van der Waals surface area contributed by atoms with E-state index in [1.807, 2.05) is 0 Å². The Bertz CT molecular complexity index is 2230. The molecule has 2 aromatic heterocycles. The van der Waals surface area contributed by atoms with E-state index in [2.05, 4.69) is 10.3 Å². The molecular formula is C33H27F3N3O6S+. The van der Waals surface area contributed by atoms with E-state index in [0.29, 0.717) is 38.9 Å². The molecule has 6 rings (SSSR count). The molecule has 9 nitrogen and oxygen atoms in total. The largest absolute Gasteiger partial charge is 0.496 e. The number of carbonyl (C=O) groups is 1. The second-order valence-electron chi connectivity index (χ2n) is 10.4. The Hall–Kier alpha value is -5.30. The molecule has 0 atom stereocenters. The van der Waals surface area contributed by atoms with Crippen LogP contribution in [-0.4, -0.2) is 48.0 Å². The lowest BCUT2D eigenvalue weighted by atomic mass is 9.97. The smallest absolute Gasteiger partial charge is 0.383 e. The molecule has 0 bridgehead atoms. The number of aromatic nitrogens is 1. The molecule has 6 aromatic rings. The zero-order valence-electron chi connectivity index (χ0n) is 24.8. The van der Waals surface area contributed by atoms with Gasteiger partial charge in [-0.1, -0.05) is 12.1 Å². The number of hydrogen-bond donors (Lipinski definition) is 1. The number of fused-ring (bicyclic) bond motifs is 2. The number of rotatable bonds is 9. The SMILES string of the molecule is CNC(=O)c1c(-c2ccc(F)cc2)oc2cc(N(CCF)S(C)(=O)=O)c(-c3ccc(OC)c(-c4[nH+]c5cccc(F)c5o4)c3)cc12. The molecule has 0 spiro atoms. The number of amides is 1. The van der Waals surface area contributed by atoms with Crippen LogP contribution in [0.2, 0.25) is 0 Å². The number of H-pyrrole nitrogens is 1. The number of halogens is 3. The first-order valence-corrected chi connectivity index (χ1v) is 15.8. The molecule has 1 amide bonds. The summed E-state index contributed by atoms with van der Waals surface area (Å²) >= 11 is 0. The quantitative estimate of drug-likeness (QED) is 0.194. The van der Waals surface area contributed by atoms with Gasteiger partial charge in [-0.3, -0.25) is 9.10 Å². The van der Waals surface area contributed by atoms with Crippen molar-refractivity contribution in [3.8, 4) is 39.7 Å². The minimum Gasteiger partial charge on any atom is -0.496 e. The first-order valence-electron chi connectivity index (χ1n) is 14.0. The Morgan fingerprint density at radius 3 is 2.37 bits per heavy atom. The van der Waals surface area contributed by atoms with Gasteiger partial charge in [0, 0.05) is 35.7 Å². The molecule has 46 heavy (non-hydrogen) atoms. The number of furan rings is 1. The lowest BCUT2D eigenvalue weighted by Crippen LogP contribution is -2.32. The van der Waals surface area contributed by atoms with Crippen molar-refractivity contribution in [2.45, 2.75) is 0 Å². The molecule has 0 radical (unpaired) electrons. The predicted molar refractivity (Wildman–Crippen MR) is 167 cm³/mol. The summed E-state index contributed by atoms with van der Waals surface area (Å²) in [7, 11) is -1.13. The summed E-state index contributed by atoms with van der Waals surface area (Å²) in [5, 5.41) is 2.91. The highest BCUT2D eigenvalue weighted by Crippen LogP contribution is 2.43. The normalized spacial score (nSPS) is 11.7. The van der Waals surface area contributed by atoms with Crippen LogP contribution in [0.5, 0.6) is 5.75 Å². The Kier molecular flexibility index (Phi) is 7.94. The van der Waals surface area contributed by atoms with Crippen LogP contribution >= 0.6 is 0 Å². The standard InChI is InChI=1S/C33H26F3N3O6S/c1-37-32(40)29-22-16-21(19-9-12-27(43-2)23(15-19)33-38-25-6-4-5-24(36)31(25)45-33)26(39(14-13-34)46(3,41)42)17-28(22)44-30(29)18-7-10-20(35)11-8-18/h4-12,15-17H,13-14H2,1-3H3,(H,37,40)/p+1. The van der Waals surface area contributed by atoms with Crippen molar-refractivity contribution in [2.75, 3.05) is 37.9 Å². The third-order valence-electron chi connectivity index (χ3n) is 7.50. The zero-order valence-corrected chi connectivity index (χ0v) is 25.6. The summed E-state index contributed by atoms with van der Waals surface area (Å²) < 4.78 is 86.5. The van der Waals surface area contributed by atoms with E-state index in [1.165, 1.54) is 56.6 Å². The van der Waals surface area contributed by atoms with E-state index in [-0.39, 0.29) is 34.1 Å². The lowest BCUT2D eigenvalue weighted by Gasteiger charge is -2.24. The van der Waals surface area contributed by atoms with Gasteiger partial charge in [0.05, 0.1) is 31.2 Å². The number of oxazole rings is 1. The van der Waals surface area contributed by atoms with Crippen LogP contribution in [0.4, 0.5) is 18.9 Å². The summed E-state index contributed by atoms with van der Waals surface area (Å²) in [5.41, 5.74) is 2.26. The molecule has 4 aromatic carbocycles. The topological polar surface area (TPSA) is 116 Å². The number of anilines is 1. The van der Waals surface area contributed by atoms with Gasteiger partial charge in [0.25, 0.3) is 11.4 Å². The maximum atomic E-state index is 14.5. The van der Waals surface area contributed by atoms with Crippen LogP contribution in [0.25, 0.3) is 56.0 Å². The van der Waals surface area contributed by atoms with Crippen molar-refractivity contribution in [2.24, 2.45) is 0 Å². The number of benzene rings is 4. The van der Waals surface area contributed by atoms with Gasteiger partial charge < -0.3 is 18.9 Å². The second kappa shape index (κ2) is 11.9. The number of carbonyl (C=O) groups excluding carboxylic acids is 1. The van der Waals surface area contributed by atoms with Crippen LogP contribution in [0.15, 0.2) is 81.6 Å². The maximum Gasteiger partial charge on any atom is 0.383 e. The van der Waals surface area contributed by atoms with E-state index in [4.69, 9.17) is 13.6 Å². The second-order valence-corrected chi connectivity index (χ2v) is 12.3. The first-order chi connectivity index (χ1) is 22.0. The van der Waals surface area contributed by atoms with Crippen LogP contribution in [0, 0.1) is 11.6 Å². The maximum absolute atomic E-state index is 14.5. The minimum atomic E-state index is -4.02. The Labute approximate surface area is 261 Å². The molecular weight excluding hydrogens is 623 g/mol. The average Bonchev–Trinajstić information content (AvgIpc) is 3.65. The molecule has 0 fully saturated rings. The van der Waals surface area contributed by atoms with Crippen molar-refractivity contribution in [1.29, 1.82) is 0 Å². The van der Waals surface area contributed by atoms with Crippen LogP contribution in [0.3, 0.4) is 0 Å². The third-order valence-corrected chi connectivity index (χ3v) is 8.68. The van der Waals surface area contributed by atoms with Gasteiger partial charge in [0.2, 0.25) is 15.6 Å². The van der Waals surface area contributed by atoms with Gasteiger partial charge in [-0.2, -0.15) is 4.98 Å². The summed E-state index contributed by atoms with van der Waals surface area (Å²) in [4.78, 5) is 16.3. The van der Waals surface area contributed by atoms with Crippen molar-refractivity contribution in [3.05, 3.63) is 90.0 Å². The van der Waals surface area contributed by atoms with Crippen LogP contribution in [-0.2, 0) is 10.0 Å².